The third-order valence-corrected chi connectivity index (χ3v) is 3.05. The quantitative estimate of drug-likeness (QED) is 0.492. The molecule has 0 bridgehead atoms. The van der Waals surface area contributed by atoms with Gasteiger partial charge in [0.25, 0.3) is 0 Å². The molecule has 3 aromatic rings. The molecule has 3 rings (SSSR count). The average molecular weight is 239 g/mol. The molecule has 1 heterocycles. The summed E-state index contributed by atoms with van der Waals surface area (Å²) < 4.78 is 0. The zero-order valence-electron chi connectivity index (χ0n) is 9.64. The highest BCUT2D eigenvalue weighted by molar-refractivity contribution is 6.02. The smallest absolute Gasteiger partial charge is 0.125 e. The predicted octanol–water partition coefficient (Wildman–Crippen LogP) is 2.70. The molecule has 0 saturated heterocycles. The fourth-order valence-electron chi connectivity index (χ4n) is 2.19. The number of phenols is 1. The van der Waals surface area contributed by atoms with E-state index in [1.165, 1.54) is 0 Å². The lowest BCUT2D eigenvalue weighted by Gasteiger charge is -2.06. The number of benzene rings is 2. The predicted molar refractivity (Wildman–Crippen MR) is 74.2 cm³/mol. The molecule has 0 aliphatic heterocycles. The fourth-order valence-corrected chi connectivity index (χ4v) is 2.19. The first-order valence-electron chi connectivity index (χ1n) is 5.61. The number of H-pyrrole nitrogens is 1. The second-order valence-electron chi connectivity index (χ2n) is 4.25. The van der Waals surface area contributed by atoms with E-state index in [1.807, 2.05) is 18.3 Å². The topological polar surface area (TPSA) is 88.1 Å². The van der Waals surface area contributed by atoms with Gasteiger partial charge in [0.2, 0.25) is 0 Å². The minimum atomic E-state index is 0.227. The van der Waals surface area contributed by atoms with Crippen molar-refractivity contribution >= 4 is 22.3 Å². The summed E-state index contributed by atoms with van der Waals surface area (Å²) in [5.41, 5.74) is 15.6. The molecule has 4 heteroatoms. The lowest BCUT2D eigenvalue weighted by Crippen LogP contribution is -1.92. The summed E-state index contributed by atoms with van der Waals surface area (Å²) in [5, 5.41) is 10.7. The molecule has 90 valence electrons. The van der Waals surface area contributed by atoms with E-state index in [9.17, 15) is 5.11 Å². The van der Waals surface area contributed by atoms with E-state index in [2.05, 4.69) is 4.98 Å². The summed E-state index contributed by atoms with van der Waals surface area (Å²) in [4.78, 5) is 3.12. The monoisotopic (exact) mass is 239 g/mol. The molecule has 4 nitrogen and oxygen atoms in total. The van der Waals surface area contributed by atoms with Crippen LogP contribution >= 0.6 is 0 Å². The maximum absolute atomic E-state index is 9.97. The molecule has 18 heavy (non-hydrogen) atoms. The van der Waals surface area contributed by atoms with Crippen LogP contribution in [0.25, 0.3) is 22.0 Å². The van der Waals surface area contributed by atoms with Gasteiger partial charge in [-0.05, 0) is 30.3 Å². The highest BCUT2D eigenvalue weighted by Gasteiger charge is 2.12. The van der Waals surface area contributed by atoms with Crippen LogP contribution < -0.4 is 11.5 Å². The van der Waals surface area contributed by atoms with Gasteiger partial charge >= 0.3 is 0 Å². The van der Waals surface area contributed by atoms with Gasteiger partial charge in [-0.15, -0.1) is 0 Å². The Hall–Kier alpha value is -2.62. The van der Waals surface area contributed by atoms with Gasteiger partial charge in [-0.1, -0.05) is 6.07 Å². The number of fused-ring (bicyclic) bond motifs is 1. The van der Waals surface area contributed by atoms with Crippen LogP contribution in [0.5, 0.6) is 5.75 Å². The molecular formula is C14H13N3O. The number of phenolic OH excluding ortho intramolecular Hbond substituents is 1. The van der Waals surface area contributed by atoms with Crippen LogP contribution in [0.15, 0.2) is 42.6 Å². The average Bonchev–Trinajstić information content (AvgIpc) is 2.77. The Balaban J connectivity index is 2.35. The van der Waals surface area contributed by atoms with Gasteiger partial charge in [-0.25, -0.2) is 0 Å². The molecule has 0 saturated carbocycles. The van der Waals surface area contributed by atoms with Gasteiger partial charge in [0, 0.05) is 39.6 Å². The number of hydrogen-bond acceptors (Lipinski definition) is 3. The minimum absolute atomic E-state index is 0.227. The molecule has 0 atom stereocenters. The molecular weight excluding hydrogens is 226 g/mol. The summed E-state index contributed by atoms with van der Waals surface area (Å²) in [7, 11) is 0. The van der Waals surface area contributed by atoms with Crippen LogP contribution in [0.1, 0.15) is 0 Å². The van der Waals surface area contributed by atoms with Gasteiger partial charge in [-0.2, -0.15) is 0 Å². The van der Waals surface area contributed by atoms with E-state index in [0.717, 1.165) is 22.0 Å². The first-order valence-corrected chi connectivity index (χ1v) is 5.61. The molecule has 0 unspecified atom stereocenters. The Bertz CT molecular complexity index is 731. The SMILES string of the molecule is Nc1ccc(N)c(-c2c[nH]c3cccc(O)c23)c1. The van der Waals surface area contributed by atoms with Gasteiger partial charge in [0.1, 0.15) is 5.75 Å². The zero-order valence-corrected chi connectivity index (χ0v) is 9.64. The summed E-state index contributed by atoms with van der Waals surface area (Å²) in [5.74, 6) is 0.227. The van der Waals surface area contributed by atoms with Crippen molar-refractivity contribution in [2.24, 2.45) is 0 Å². The molecule has 0 spiro atoms. The number of nitrogens with two attached hydrogens (primary N) is 2. The molecule has 6 N–H and O–H groups in total. The molecule has 0 aliphatic rings. The maximum Gasteiger partial charge on any atom is 0.125 e. The Morgan fingerprint density at radius 3 is 2.67 bits per heavy atom. The number of aromatic nitrogens is 1. The van der Waals surface area contributed by atoms with Gasteiger partial charge in [0.05, 0.1) is 0 Å². The van der Waals surface area contributed by atoms with Gasteiger partial charge < -0.3 is 21.6 Å². The van der Waals surface area contributed by atoms with Crippen molar-refractivity contribution in [1.29, 1.82) is 0 Å². The number of nitrogen functional groups attached to an aromatic ring is 2. The molecule has 0 radical (unpaired) electrons. The van der Waals surface area contributed by atoms with Crippen LogP contribution in [0.3, 0.4) is 0 Å². The second-order valence-corrected chi connectivity index (χ2v) is 4.25. The van der Waals surface area contributed by atoms with E-state index in [4.69, 9.17) is 11.5 Å². The molecule has 2 aromatic carbocycles. The van der Waals surface area contributed by atoms with Gasteiger partial charge in [0.15, 0.2) is 0 Å². The minimum Gasteiger partial charge on any atom is -0.507 e. The van der Waals surface area contributed by atoms with Crippen molar-refractivity contribution in [3.8, 4) is 16.9 Å². The Kier molecular flexibility index (Phi) is 2.16. The third-order valence-electron chi connectivity index (χ3n) is 3.05. The zero-order chi connectivity index (χ0) is 12.7. The van der Waals surface area contributed by atoms with Crippen molar-refractivity contribution in [1.82, 2.24) is 4.98 Å². The summed E-state index contributed by atoms with van der Waals surface area (Å²) >= 11 is 0. The number of aromatic amines is 1. The standard InChI is InChI=1S/C14H13N3O/c15-8-4-5-11(16)9(6-8)10-7-17-12-2-1-3-13(18)14(10)12/h1-7,17-18H,15-16H2. The number of nitrogens with one attached hydrogen (secondary N) is 1. The van der Waals surface area contributed by atoms with Crippen molar-refractivity contribution in [3.63, 3.8) is 0 Å². The van der Waals surface area contributed by atoms with Crippen LogP contribution in [0.4, 0.5) is 11.4 Å². The number of anilines is 2. The molecule has 0 amide bonds. The summed E-state index contributed by atoms with van der Waals surface area (Å²) in [6, 6.07) is 10.7. The summed E-state index contributed by atoms with van der Waals surface area (Å²) in [6.07, 6.45) is 1.83. The summed E-state index contributed by atoms with van der Waals surface area (Å²) in [6.45, 7) is 0. The van der Waals surface area contributed by atoms with Crippen molar-refractivity contribution in [2.75, 3.05) is 11.5 Å². The lowest BCUT2D eigenvalue weighted by atomic mass is 10.0. The molecule has 1 aromatic heterocycles. The first kappa shape index (κ1) is 10.5. The van der Waals surface area contributed by atoms with Crippen LogP contribution in [-0.2, 0) is 0 Å². The van der Waals surface area contributed by atoms with E-state index in [0.29, 0.717) is 11.4 Å². The van der Waals surface area contributed by atoms with E-state index >= 15 is 0 Å². The fraction of sp³-hybridized carbons (Fsp3) is 0. The van der Waals surface area contributed by atoms with E-state index in [1.54, 1.807) is 24.3 Å². The van der Waals surface area contributed by atoms with Crippen LogP contribution in [0.2, 0.25) is 0 Å². The van der Waals surface area contributed by atoms with Crippen molar-refractivity contribution in [2.45, 2.75) is 0 Å². The van der Waals surface area contributed by atoms with Crippen LogP contribution in [-0.4, -0.2) is 10.1 Å². The van der Waals surface area contributed by atoms with Crippen molar-refractivity contribution in [3.05, 3.63) is 42.6 Å². The van der Waals surface area contributed by atoms with Gasteiger partial charge in [-0.3, -0.25) is 0 Å². The highest BCUT2D eigenvalue weighted by Crippen LogP contribution is 2.37. The highest BCUT2D eigenvalue weighted by atomic mass is 16.3. The largest absolute Gasteiger partial charge is 0.507 e. The Morgan fingerprint density at radius 2 is 1.83 bits per heavy atom. The second kappa shape index (κ2) is 3.70. The third kappa shape index (κ3) is 1.47. The van der Waals surface area contributed by atoms with E-state index < -0.39 is 0 Å². The number of hydrogen-bond donors (Lipinski definition) is 4. The maximum atomic E-state index is 9.97. The van der Waals surface area contributed by atoms with Crippen molar-refractivity contribution < 1.29 is 5.11 Å². The number of aromatic hydroxyl groups is 1. The molecule has 0 fully saturated rings. The normalized spacial score (nSPS) is 10.9. The number of rotatable bonds is 1. The lowest BCUT2D eigenvalue weighted by molar-refractivity contribution is 0.482. The Labute approximate surface area is 104 Å². The molecule has 0 aliphatic carbocycles. The van der Waals surface area contributed by atoms with Crippen LogP contribution in [0, 0.1) is 0 Å². The Morgan fingerprint density at radius 1 is 1.00 bits per heavy atom. The van der Waals surface area contributed by atoms with E-state index in [-0.39, 0.29) is 5.75 Å². The first-order chi connectivity index (χ1) is 8.66.